The second-order valence-corrected chi connectivity index (χ2v) is 9.28. The molecule has 5 rings (SSSR count). The van der Waals surface area contributed by atoms with E-state index in [2.05, 4.69) is 41.1 Å². The third kappa shape index (κ3) is 3.81. The molecule has 0 bridgehead atoms. The van der Waals surface area contributed by atoms with E-state index in [1.807, 2.05) is 24.0 Å². The van der Waals surface area contributed by atoms with Crippen molar-refractivity contribution in [3.63, 3.8) is 0 Å². The molecule has 0 radical (unpaired) electrons. The van der Waals surface area contributed by atoms with Crippen LogP contribution in [-0.4, -0.2) is 47.8 Å². The third-order valence-electron chi connectivity index (χ3n) is 6.70. The van der Waals surface area contributed by atoms with Crippen LogP contribution in [0, 0.1) is 19.8 Å². The number of carbonyl (C=O) groups is 1. The summed E-state index contributed by atoms with van der Waals surface area (Å²) in [6.45, 7) is 6.99. The lowest BCUT2D eigenvalue weighted by Crippen LogP contribution is -2.47. The van der Waals surface area contributed by atoms with Gasteiger partial charge in [0.05, 0.1) is 23.7 Å². The van der Waals surface area contributed by atoms with Crippen LogP contribution in [0.2, 0.25) is 5.02 Å². The molecular formula is C25H29ClN4O2. The van der Waals surface area contributed by atoms with Crippen molar-refractivity contribution in [3.8, 4) is 5.69 Å². The van der Waals surface area contributed by atoms with Crippen LogP contribution in [0.25, 0.3) is 16.7 Å². The first-order valence-corrected chi connectivity index (χ1v) is 11.8. The number of carbonyl (C=O) groups excluding carboxylic acids is 1. The molecule has 32 heavy (non-hydrogen) atoms. The summed E-state index contributed by atoms with van der Waals surface area (Å²) in [6, 6.07) is 12.2. The van der Waals surface area contributed by atoms with Crippen LogP contribution < -0.4 is 10.2 Å². The number of aromatic nitrogens is 2. The summed E-state index contributed by atoms with van der Waals surface area (Å²) in [7, 11) is 0. The summed E-state index contributed by atoms with van der Waals surface area (Å²) in [5.74, 6) is 0.801. The van der Waals surface area contributed by atoms with Crippen LogP contribution in [0.15, 0.2) is 36.4 Å². The van der Waals surface area contributed by atoms with E-state index in [0.717, 1.165) is 54.6 Å². The molecule has 1 N–H and O–H groups in total. The van der Waals surface area contributed by atoms with Crippen molar-refractivity contribution in [2.45, 2.75) is 39.2 Å². The van der Waals surface area contributed by atoms with Crippen LogP contribution in [0.4, 0.5) is 5.95 Å². The Bertz CT molecular complexity index is 1130. The van der Waals surface area contributed by atoms with Crippen molar-refractivity contribution < 1.29 is 9.53 Å². The van der Waals surface area contributed by atoms with Crippen molar-refractivity contribution in [3.05, 3.63) is 52.5 Å². The van der Waals surface area contributed by atoms with Crippen LogP contribution in [0.1, 0.15) is 30.4 Å². The molecule has 3 aromatic rings. The maximum atomic E-state index is 13.9. The Hall–Kier alpha value is -2.41. The van der Waals surface area contributed by atoms with E-state index >= 15 is 0 Å². The number of hydrogen-bond donors (Lipinski definition) is 1. The van der Waals surface area contributed by atoms with Crippen molar-refractivity contribution in [2.75, 3.05) is 31.2 Å². The zero-order valence-electron chi connectivity index (χ0n) is 18.6. The molecule has 6 nitrogen and oxygen atoms in total. The number of amides is 1. The molecule has 2 aliphatic rings. The Morgan fingerprint density at radius 2 is 1.88 bits per heavy atom. The highest BCUT2D eigenvalue weighted by Crippen LogP contribution is 2.35. The number of nitrogens with zero attached hydrogens (tertiary/aromatic N) is 3. The van der Waals surface area contributed by atoms with Gasteiger partial charge in [0.1, 0.15) is 0 Å². The van der Waals surface area contributed by atoms with Gasteiger partial charge in [-0.15, -0.1) is 0 Å². The van der Waals surface area contributed by atoms with E-state index in [1.54, 1.807) is 0 Å². The predicted molar refractivity (Wildman–Crippen MR) is 128 cm³/mol. The van der Waals surface area contributed by atoms with Crippen molar-refractivity contribution >= 4 is 34.5 Å². The SMILES string of the molecule is Cc1ccc(-n2c(N(C(=O)C3CCNCC3)[C@H]3CCOC3)nc3c(C)c(Cl)ccc32)cc1. The fourth-order valence-electron chi connectivity index (χ4n) is 4.78. The lowest BCUT2D eigenvalue weighted by molar-refractivity contribution is -0.123. The third-order valence-corrected chi connectivity index (χ3v) is 7.11. The van der Waals surface area contributed by atoms with Crippen LogP contribution in [0.3, 0.4) is 0 Å². The first-order chi connectivity index (χ1) is 15.5. The van der Waals surface area contributed by atoms with E-state index < -0.39 is 0 Å². The predicted octanol–water partition coefficient (Wildman–Crippen LogP) is 4.42. The van der Waals surface area contributed by atoms with E-state index in [-0.39, 0.29) is 17.9 Å². The minimum absolute atomic E-state index is 0.00665. The van der Waals surface area contributed by atoms with Crippen molar-refractivity contribution in [2.24, 2.45) is 5.92 Å². The van der Waals surface area contributed by atoms with E-state index in [1.165, 1.54) is 5.56 Å². The Labute approximate surface area is 193 Å². The molecule has 2 aliphatic heterocycles. The highest BCUT2D eigenvalue weighted by molar-refractivity contribution is 6.32. The van der Waals surface area contributed by atoms with Gasteiger partial charge in [-0.2, -0.15) is 0 Å². The van der Waals surface area contributed by atoms with Gasteiger partial charge in [-0.25, -0.2) is 4.98 Å². The summed E-state index contributed by atoms with van der Waals surface area (Å²) >= 11 is 6.45. The number of imidazole rings is 1. The van der Waals surface area contributed by atoms with Crippen molar-refractivity contribution in [1.82, 2.24) is 14.9 Å². The lowest BCUT2D eigenvalue weighted by atomic mass is 9.96. The number of piperidine rings is 1. The molecule has 0 unspecified atom stereocenters. The zero-order chi connectivity index (χ0) is 22.2. The standard InChI is InChI=1S/C25H29ClN4O2/c1-16-3-5-19(6-4-16)29-22-8-7-21(26)17(2)23(22)28-25(29)30(20-11-14-32-15-20)24(31)18-9-12-27-13-10-18/h3-8,18,20,27H,9-15H2,1-2H3/t20-/m0/s1. The second kappa shape index (κ2) is 8.85. The first kappa shape index (κ1) is 21.4. The number of nitrogens with one attached hydrogen (secondary N) is 1. The van der Waals surface area contributed by atoms with E-state index in [4.69, 9.17) is 21.3 Å². The molecule has 1 atom stereocenters. The Morgan fingerprint density at radius 1 is 1.12 bits per heavy atom. The number of benzene rings is 2. The Balaban J connectivity index is 1.71. The highest BCUT2D eigenvalue weighted by atomic mass is 35.5. The van der Waals surface area contributed by atoms with Gasteiger partial charge in [0, 0.05) is 23.2 Å². The monoisotopic (exact) mass is 452 g/mol. The van der Waals surface area contributed by atoms with E-state index in [0.29, 0.717) is 24.2 Å². The number of fused-ring (bicyclic) bond motifs is 1. The normalized spacial score (nSPS) is 19.5. The largest absolute Gasteiger partial charge is 0.379 e. The quantitative estimate of drug-likeness (QED) is 0.636. The molecule has 2 fully saturated rings. The second-order valence-electron chi connectivity index (χ2n) is 8.87. The molecule has 3 heterocycles. The average Bonchev–Trinajstić information content (AvgIpc) is 3.47. The summed E-state index contributed by atoms with van der Waals surface area (Å²) in [5.41, 5.74) is 4.87. The van der Waals surface area contributed by atoms with Gasteiger partial charge in [-0.05, 0) is 76.0 Å². The minimum Gasteiger partial charge on any atom is -0.379 e. The van der Waals surface area contributed by atoms with Gasteiger partial charge in [0.25, 0.3) is 0 Å². The Kier molecular flexibility index (Phi) is 5.93. The minimum atomic E-state index is -0.0193. The van der Waals surface area contributed by atoms with Gasteiger partial charge >= 0.3 is 0 Å². The molecular weight excluding hydrogens is 424 g/mol. The lowest BCUT2D eigenvalue weighted by Gasteiger charge is -2.32. The molecule has 2 saturated heterocycles. The summed E-state index contributed by atoms with van der Waals surface area (Å²) in [6.07, 6.45) is 2.50. The van der Waals surface area contributed by atoms with Crippen LogP contribution >= 0.6 is 11.6 Å². The van der Waals surface area contributed by atoms with Gasteiger partial charge in [-0.3, -0.25) is 14.3 Å². The first-order valence-electron chi connectivity index (χ1n) is 11.4. The van der Waals surface area contributed by atoms with Gasteiger partial charge in [-0.1, -0.05) is 29.3 Å². The van der Waals surface area contributed by atoms with Gasteiger partial charge in [0.15, 0.2) is 0 Å². The maximum absolute atomic E-state index is 13.9. The van der Waals surface area contributed by atoms with E-state index in [9.17, 15) is 4.79 Å². The topological polar surface area (TPSA) is 59.4 Å². The smallest absolute Gasteiger partial charge is 0.232 e. The number of hydrogen-bond acceptors (Lipinski definition) is 4. The molecule has 168 valence electrons. The van der Waals surface area contributed by atoms with Crippen molar-refractivity contribution in [1.29, 1.82) is 0 Å². The summed E-state index contributed by atoms with van der Waals surface area (Å²) in [4.78, 5) is 20.9. The molecule has 0 spiro atoms. The molecule has 0 saturated carbocycles. The molecule has 2 aromatic carbocycles. The fraction of sp³-hybridized carbons (Fsp3) is 0.440. The van der Waals surface area contributed by atoms with Crippen LogP contribution in [-0.2, 0) is 9.53 Å². The fourth-order valence-corrected chi connectivity index (χ4v) is 4.94. The van der Waals surface area contributed by atoms with Gasteiger partial charge < -0.3 is 10.1 Å². The molecule has 1 aromatic heterocycles. The highest BCUT2D eigenvalue weighted by Gasteiger charge is 2.37. The van der Waals surface area contributed by atoms with Crippen LogP contribution in [0.5, 0.6) is 0 Å². The average molecular weight is 453 g/mol. The summed E-state index contributed by atoms with van der Waals surface area (Å²) < 4.78 is 7.82. The van der Waals surface area contributed by atoms with Gasteiger partial charge in [0.2, 0.25) is 11.9 Å². The summed E-state index contributed by atoms with van der Waals surface area (Å²) in [5, 5.41) is 4.04. The molecule has 1 amide bonds. The number of ether oxygens (including phenoxy) is 1. The maximum Gasteiger partial charge on any atom is 0.232 e. The molecule has 7 heteroatoms. The number of halogens is 1. The zero-order valence-corrected chi connectivity index (χ0v) is 19.4. The Morgan fingerprint density at radius 3 is 2.56 bits per heavy atom. The number of aryl methyl sites for hydroxylation is 2. The number of anilines is 1. The molecule has 0 aliphatic carbocycles. The number of rotatable bonds is 4.